The van der Waals surface area contributed by atoms with Crippen LogP contribution in [0.3, 0.4) is 0 Å². The molecule has 2 heterocycles. The standard InChI is InChI=1S/C10H8FN3S/c1-3-15-10-13-7-5-8(9(5)14-10)12-4(2)6(7)11/h3H2,1-2H3. The van der Waals surface area contributed by atoms with Gasteiger partial charge in [0.2, 0.25) is 0 Å². The lowest BCUT2D eigenvalue weighted by Gasteiger charge is -1.96. The normalized spacial score (nSPS) is 12.2. The van der Waals surface area contributed by atoms with E-state index in [9.17, 15) is 4.39 Å². The molecule has 0 saturated carbocycles. The highest BCUT2D eigenvalue weighted by Crippen LogP contribution is 2.44. The summed E-state index contributed by atoms with van der Waals surface area (Å²) in [5, 5.41) is 1.44. The highest BCUT2D eigenvalue weighted by molar-refractivity contribution is 7.99. The Morgan fingerprint density at radius 3 is 2.67 bits per heavy atom. The van der Waals surface area contributed by atoms with E-state index in [1.165, 1.54) is 11.8 Å². The van der Waals surface area contributed by atoms with E-state index >= 15 is 0 Å². The van der Waals surface area contributed by atoms with Crippen LogP contribution in [-0.4, -0.2) is 20.7 Å². The van der Waals surface area contributed by atoms with Crippen LogP contribution in [0.15, 0.2) is 5.16 Å². The number of nitrogens with zero attached hydrogens (tertiary/aromatic N) is 3. The van der Waals surface area contributed by atoms with Gasteiger partial charge in [0, 0.05) is 0 Å². The van der Waals surface area contributed by atoms with Gasteiger partial charge in [-0.05, 0) is 12.7 Å². The lowest BCUT2D eigenvalue weighted by Crippen LogP contribution is -1.89. The van der Waals surface area contributed by atoms with Gasteiger partial charge in [-0.25, -0.2) is 19.3 Å². The second-order valence-electron chi connectivity index (χ2n) is 3.37. The number of fused-ring (bicyclic) bond motifs is 1. The van der Waals surface area contributed by atoms with Gasteiger partial charge in [0.05, 0.1) is 11.1 Å². The van der Waals surface area contributed by atoms with Gasteiger partial charge in [0.25, 0.3) is 0 Å². The van der Waals surface area contributed by atoms with Gasteiger partial charge in [-0.3, -0.25) is 0 Å². The fourth-order valence-corrected chi connectivity index (χ4v) is 2.19. The lowest BCUT2D eigenvalue weighted by molar-refractivity contribution is 0.620. The number of hydrogen-bond donors (Lipinski definition) is 0. The van der Waals surface area contributed by atoms with Crippen LogP contribution < -0.4 is 0 Å². The molecule has 0 fully saturated rings. The highest BCUT2D eigenvalue weighted by atomic mass is 32.2. The minimum atomic E-state index is -0.312. The zero-order chi connectivity index (χ0) is 10.6. The quantitative estimate of drug-likeness (QED) is 0.492. The first-order valence-corrected chi connectivity index (χ1v) is 5.72. The number of pyridine rings is 1. The monoisotopic (exact) mass is 221 g/mol. The van der Waals surface area contributed by atoms with E-state index in [1.54, 1.807) is 6.92 Å². The molecule has 76 valence electrons. The van der Waals surface area contributed by atoms with Crippen LogP contribution in [-0.2, 0) is 0 Å². The van der Waals surface area contributed by atoms with E-state index in [-0.39, 0.29) is 5.82 Å². The maximum absolute atomic E-state index is 13.7. The van der Waals surface area contributed by atoms with Gasteiger partial charge in [-0.15, -0.1) is 0 Å². The molecule has 3 nitrogen and oxygen atoms in total. The molecule has 1 aliphatic rings. The Bertz CT molecular complexity index is 583. The summed E-state index contributed by atoms with van der Waals surface area (Å²) in [6, 6.07) is 0. The first-order chi connectivity index (χ1) is 7.22. The number of aryl methyl sites for hydroxylation is 1. The van der Waals surface area contributed by atoms with Gasteiger partial charge in [-0.1, -0.05) is 18.7 Å². The molecule has 15 heavy (non-hydrogen) atoms. The fraction of sp³-hybridized carbons (Fsp3) is 0.300. The van der Waals surface area contributed by atoms with Crippen molar-refractivity contribution >= 4 is 22.7 Å². The average Bonchev–Trinajstić information content (AvgIpc) is 2.89. The van der Waals surface area contributed by atoms with Crippen molar-refractivity contribution < 1.29 is 4.39 Å². The van der Waals surface area contributed by atoms with Crippen molar-refractivity contribution in [2.45, 2.75) is 19.0 Å². The minimum Gasteiger partial charge on any atom is -0.248 e. The molecule has 1 aliphatic carbocycles. The second-order valence-corrected chi connectivity index (χ2v) is 4.60. The van der Waals surface area contributed by atoms with E-state index in [2.05, 4.69) is 15.0 Å². The van der Waals surface area contributed by atoms with Crippen molar-refractivity contribution in [3.8, 4) is 11.4 Å². The van der Waals surface area contributed by atoms with Crippen molar-refractivity contribution in [2.75, 3.05) is 5.75 Å². The summed E-state index contributed by atoms with van der Waals surface area (Å²) in [6.07, 6.45) is 0. The summed E-state index contributed by atoms with van der Waals surface area (Å²) >= 11 is 1.52. The van der Waals surface area contributed by atoms with Crippen LogP contribution in [0.2, 0.25) is 0 Å². The third-order valence-electron chi connectivity index (χ3n) is 2.37. The van der Waals surface area contributed by atoms with Crippen LogP contribution >= 0.6 is 11.8 Å². The van der Waals surface area contributed by atoms with Crippen LogP contribution in [0.4, 0.5) is 4.39 Å². The van der Waals surface area contributed by atoms with Gasteiger partial charge in [-0.2, -0.15) is 0 Å². The Labute approximate surface area is 90.1 Å². The molecule has 0 aliphatic heterocycles. The summed E-state index contributed by atoms with van der Waals surface area (Å²) in [6.45, 7) is 3.67. The molecule has 0 saturated heterocycles. The van der Waals surface area contributed by atoms with Crippen molar-refractivity contribution in [3.63, 3.8) is 0 Å². The first-order valence-electron chi connectivity index (χ1n) is 4.73. The van der Waals surface area contributed by atoms with E-state index in [4.69, 9.17) is 0 Å². The third kappa shape index (κ3) is 1.16. The Hall–Kier alpha value is -1.23. The molecular formula is C10H8FN3S. The van der Waals surface area contributed by atoms with Gasteiger partial charge in [0.1, 0.15) is 16.9 Å². The van der Waals surface area contributed by atoms with Crippen LogP contribution in [0, 0.1) is 12.7 Å². The molecule has 5 heteroatoms. The Kier molecular flexibility index (Phi) is 1.74. The van der Waals surface area contributed by atoms with E-state index in [1.807, 2.05) is 6.92 Å². The zero-order valence-electron chi connectivity index (χ0n) is 8.33. The first kappa shape index (κ1) is 9.03. The van der Waals surface area contributed by atoms with E-state index in [0.717, 1.165) is 22.5 Å². The predicted octanol–water partition coefficient (Wildman–Crippen LogP) is 2.56. The van der Waals surface area contributed by atoms with E-state index < -0.39 is 0 Å². The molecular weight excluding hydrogens is 213 g/mol. The topological polar surface area (TPSA) is 38.7 Å². The molecule has 0 unspecified atom stereocenters. The van der Waals surface area contributed by atoms with Crippen molar-refractivity contribution in [3.05, 3.63) is 11.5 Å². The summed E-state index contributed by atoms with van der Waals surface area (Å²) < 4.78 is 13.7. The predicted molar refractivity (Wildman–Crippen MR) is 57.4 cm³/mol. The molecule has 2 aromatic rings. The maximum Gasteiger partial charge on any atom is 0.188 e. The van der Waals surface area contributed by atoms with Crippen molar-refractivity contribution in [2.24, 2.45) is 0 Å². The van der Waals surface area contributed by atoms with Crippen molar-refractivity contribution in [1.82, 2.24) is 15.0 Å². The van der Waals surface area contributed by atoms with Crippen LogP contribution in [0.1, 0.15) is 12.6 Å². The molecule has 0 spiro atoms. The molecule has 0 aromatic carbocycles. The number of rotatable bonds is 2. The largest absolute Gasteiger partial charge is 0.248 e. The fourth-order valence-electron chi connectivity index (χ4n) is 1.62. The summed E-state index contributed by atoms with van der Waals surface area (Å²) in [4.78, 5) is 12.6. The lowest BCUT2D eigenvalue weighted by atomic mass is 10.3. The summed E-state index contributed by atoms with van der Waals surface area (Å²) in [7, 11) is 0. The molecule has 0 radical (unpaired) electrons. The van der Waals surface area contributed by atoms with Gasteiger partial charge < -0.3 is 0 Å². The Morgan fingerprint density at radius 2 is 1.93 bits per heavy atom. The molecule has 0 bridgehead atoms. The summed E-state index contributed by atoms with van der Waals surface area (Å²) in [5.41, 5.74) is 2.47. The molecule has 2 aromatic heterocycles. The smallest absolute Gasteiger partial charge is 0.188 e. The maximum atomic E-state index is 13.7. The number of aromatic nitrogens is 3. The van der Waals surface area contributed by atoms with Crippen LogP contribution in [0.25, 0.3) is 22.3 Å². The van der Waals surface area contributed by atoms with Gasteiger partial charge in [0.15, 0.2) is 11.0 Å². The average molecular weight is 221 g/mol. The van der Waals surface area contributed by atoms with Gasteiger partial charge >= 0.3 is 0 Å². The number of thioether (sulfide) groups is 1. The van der Waals surface area contributed by atoms with Crippen LogP contribution in [0.5, 0.6) is 0 Å². The molecule has 3 rings (SSSR count). The van der Waals surface area contributed by atoms with E-state index in [0.29, 0.717) is 16.4 Å². The highest BCUT2D eigenvalue weighted by Gasteiger charge is 2.31. The second kappa shape index (κ2) is 2.88. The van der Waals surface area contributed by atoms with Crippen molar-refractivity contribution in [1.29, 1.82) is 0 Å². The number of hydrogen-bond acceptors (Lipinski definition) is 4. The summed E-state index contributed by atoms with van der Waals surface area (Å²) in [5.74, 6) is 0.572. The molecule has 0 N–H and O–H groups in total. The Balaban J connectivity index is 2.27. The minimum absolute atomic E-state index is 0.312. The Morgan fingerprint density at radius 1 is 1.20 bits per heavy atom. The third-order valence-corrected chi connectivity index (χ3v) is 3.10. The molecule has 0 atom stereocenters. The zero-order valence-corrected chi connectivity index (χ0v) is 9.15. The molecule has 0 amide bonds. The SMILES string of the molecule is CCSc1nc2c3c-2nc(C)c(F)c3n1. The number of halogens is 1.